The molecule has 0 saturated heterocycles. The molecule has 0 aromatic carbocycles. The van der Waals surface area contributed by atoms with Crippen molar-refractivity contribution in [2.24, 2.45) is 5.73 Å². The molecule has 56 valence electrons. The molecule has 0 aliphatic carbocycles. The normalized spacial score (nSPS) is 9.09. The van der Waals surface area contributed by atoms with Crippen LogP contribution in [0.2, 0.25) is 0 Å². The van der Waals surface area contributed by atoms with E-state index >= 15 is 0 Å². The summed E-state index contributed by atoms with van der Waals surface area (Å²) in [6.07, 6.45) is 6.73. The summed E-state index contributed by atoms with van der Waals surface area (Å²) < 4.78 is 1.36. The third-order valence-electron chi connectivity index (χ3n) is 1.34. The first-order valence-corrected chi connectivity index (χ1v) is 3.17. The van der Waals surface area contributed by atoms with Gasteiger partial charge in [-0.25, -0.2) is 0 Å². The molecule has 3 heteroatoms. The van der Waals surface area contributed by atoms with E-state index < -0.39 is 0 Å². The van der Waals surface area contributed by atoms with Gasteiger partial charge in [-0.15, -0.1) is 6.42 Å². The van der Waals surface area contributed by atoms with Crippen LogP contribution in [0.15, 0.2) is 18.3 Å². The third kappa shape index (κ3) is 1.31. The van der Waals surface area contributed by atoms with Crippen molar-refractivity contribution in [1.82, 2.24) is 4.57 Å². The molecular weight excluding hydrogens is 140 g/mol. The number of terminal acetylenes is 1. The lowest BCUT2D eigenvalue weighted by Gasteiger charge is -1.98. The summed E-state index contributed by atoms with van der Waals surface area (Å²) in [5, 5.41) is 0. The smallest absolute Gasteiger partial charge is 0.245 e. The quantitative estimate of drug-likeness (QED) is 0.573. The average Bonchev–Trinajstić information content (AvgIpc) is 2.50. The van der Waals surface area contributed by atoms with Crippen LogP contribution in [0.3, 0.4) is 0 Å². The molecule has 0 aliphatic rings. The van der Waals surface area contributed by atoms with Gasteiger partial charge in [0, 0.05) is 6.20 Å². The number of carbonyl (C=O) groups is 1. The van der Waals surface area contributed by atoms with Crippen LogP contribution in [0.25, 0.3) is 0 Å². The van der Waals surface area contributed by atoms with E-state index in [0.29, 0.717) is 5.69 Å². The molecule has 0 atom stereocenters. The Balaban J connectivity index is 3.05. The molecule has 0 aliphatic heterocycles. The molecular formula is C8H8N2O. The van der Waals surface area contributed by atoms with Gasteiger partial charge < -0.3 is 5.73 Å². The predicted molar refractivity (Wildman–Crippen MR) is 42.0 cm³/mol. The molecule has 0 saturated carbocycles. The van der Waals surface area contributed by atoms with E-state index in [1.807, 2.05) is 0 Å². The van der Waals surface area contributed by atoms with Crippen LogP contribution in [-0.2, 0) is 0 Å². The molecule has 0 spiro atoms. The van der Waals surface area contributed by atoms with Crippen LogP contribution in [-0.4, -0.2) is 17.0 Å². The second-order valence-corrected chi connectivity index (χ2v) is 2.01. The van der Waals surface area contributed by atoms with Gasteiger partial charge in [0.05, 0.1) is 12.2 Å². The maximum absolute atomic E-state index is 11.0. The Labute approximate surface area is 64.8 Å². The molecule has 1 aromatic rings. The Bertz CT molecular complexity index is 306. The van der Waals surface area contributed by atoms with Gasteiger partial charge in [0.1, 0.15) is 0 Å². The van der Waals surface area contributed by atoms with Crippen molar-refractivity contribution in [2.45, 2.75) is 0 Å². The summed E-state index contributed by atoms with van der Waals surface area (Å²) in [4.78, 5) is 11.0. The second kappa shape index (κ2) is 3.04. The molecule has 0 unspecified atom stereocenters. The predicted octanol–water partition coefficient (Wildman–Crippen LogP) is 0.0683. The van der Waals surface area contributed by atoms with Crippen LogP contribution in [0.1, 0.15) is 10.5 Å². The lowest BCUT2D eigenvalue weighted by atomic mass is 10.4. The Kier molecular flexibility index (Phi) is 2.09. The van der Waals surface area contributed by atoms with Crippen molar-refractivity contribution >= 4 is 5.91 Å². The highest BCUT2D eigenvalue weighted by atomic mass is 16.2. The molecule has 1 heterocycles. The zero-order chi connectivity index (χ0) is 8.27. The average molecular weight is 148 g/mol. The highest BCUT2D eigenvalue weighted by Crippen LogP contribution is 1.98. The summed E-state index contributed by atoms with van der Waals surface area (Å²) in [6.45, 7) is -0.0244. The fraction of sp³-hybridized carbons (Fsp3) is 0.125. The van der Waals surface area contributed by atoms with Gasteiger partial charge in [0.25, 0.3) is 0 Å². The molecule has 0 radical (unpaired) electrons. The van der Waals surface area contributed by atoms with Crippen LogP contribution >= 0.6 is 0 Å². The Morgan fingerprint density at radius 1 is 1.82 bits per heavy atom. The SMILES string of the molecule is C#Cc1cccn1C(=O)CN. The maximum atomic E-state index is 11.0. The molecule has 1 aromatic heterocycles. The summed E-state index contributed by atoms with van der Waals surface area (Å²) in [7, 11) is 0. The minimum Gasteiger partial charge on any atom is -0.322 e. The van der Waals surface area contributed by atoms with Gasteiger partial charge in [-0.1, -0.05) is 5.92 Å². The van der Waals surface area contributed by atoms with Gasteiger partial charge in [-0.2, -0.15) is 0 Å². The van der Waals surface area contributed by atoms with Crippen LogP contribution < -0.4 is 5.73 Å². The number of nitrogens with two attached hydrogens (primary N) is 1. The molecule has 3 nitrogen and oxygen atoms in total. The van der Waals surface area contributed by atoms with Crippen molar-refractivity contribution in [1.29, 1.82) is 0 Å². The maximum Gasteiger partial charge on any atom is 0.245 e. The Morgan fingerprint density at radius 2 is 2.55 bits per heavy atom. The van der Waals surface area contributed by atoms with Crippen molar-refractivity contribution in [3.05, 3.63) is 24.0 Å². The lowest BCUT2D eigenvalue weighted by Crippen LogP contribution is -2.21. The molecule has 0 bridgehead atoms. The standard InChI is InChI=1S/C8H8N2O/c1-2-7-4-3-5-10(7)8(11)6-9/h1,3-5H,6,9H2. The van der Waals surface area contributed by atoms with E-state index in [1.54, 1.807) is 18.3 Å². The van der Waals surface area contributed by atoms with Crippen molar-refractivity contribution in [3.63, 3.8) is 0 Å². The van der Waals surface area contributed by atoms with Gasteiger partial charge >= 0.3 is 0 Å². The fourth-order valence-corrected chi connectivity index (χ4v) is 0.814. The minimum atomic E-state index is -0.192. The van der Waals surface area contributed by atoms with Gasteiger partial charge in [0.2, 0.25) is 5.91 Å². The first-order chi connectivity index (χ1) is 5.29. The highest BCUT2D eigenvalue weighted by Gasteiger charge is 2.03. The van der Waals surface area contributed by atoms with Crippen LogP contribution in [0.5, 0.6) is 0 Å². The Morgan fingerprint density at radius 3 is 3.09 bits per heavy atom. The first kappa shape index (κ1) is 7.58. The molecule has 11 heavy (non-hydrogen) atoms. The zero-order valence-corrected chi connectivity index (χ0v) is 5.95. The van der Waals surface area contributed by atoms with Crippen molar-refractivity contribution in [3.8, 4) is 12.3 Å². The minimum absolute atomic E-state index is 0.0244. The molecule has 2 N–H and O–H groups in total. The summed E-state index contributed by atoms with van der Waals surface area (Å²) in [6, 6.07) is 3.40. The first-order valence-electron chi connectivity index (χ1n) is 3.17. The van der Waals surface area contributed by atoms with E-state index in [2.05, 4.69) is 5.92 Å². The highest BCUT2D eigenvalue weighted by molar-refractivity contribution is 5.82. The van der Waals surface area contributed by atoms with Crippen molar-refractivity contribution in [2.75, 3.05) is 6.54 Å². The van der Waals surface area contributed by atoms with Crippen LogP contribution in [0.4, 0.5) is 0 Å². The largest absolute Gasteiger partial charge is 0.322 e. The number of hydrogen-bond donors (Lipinski definition) is 1. The number of carbonyl (C=O) groups excluding carboxylic acids is 1. The number of rotatable bonds is 1. The van der Waals surface area contributed by atoms with Gasteiger partial charge in [-0.05, 0) is 12.1 Å². The van der Waals surface area contributed by atoms with Crippen LogP contribution in [0, 0.1) is 12.3 Å². The summed E-state index contributed by atoms with van der Waals surface area (Å²) in [5.74, 6) is 2.19. The van der Waals surface area contributed by atoms with E-state index in [4.69, 9.17) is 12.2 Å². The summed E-state index contributed by atoms with van der Waals surface area (Å²) in [5.41, 5.74) is 5.69. The molecule has 0 fully saturated rings. The fourth-order valence-electron chi connectivity index (χ4n) is 0.814. The van der Waals surface area contributed by atoms with E-state index in [9.17, 15) is 4.79 Å². The number of nitrogens with zero attached hydrogens (tertiary/aromatic N) is 1. The monoisotopic (exact) mass is 148 g/mol. The van der Waals surface area contributed by atoms with E-state index in [1.165, 1.54) is 4.57 Å². The lowest BCUT2D eigenvalue weighted by molar-refractivity contribution is 0.0923. The number of hydrogen-bond acceptors (Lipinski definition) is 2. The van der Waals surface area contributed by atoms with Crippen molar-refractivity contribution < 1.29 is 4.79 Å². The third-order valence-corrected chi connectivity index (χ3v) is 1.34. The topological polar surface area (TPSA) is 48.0 Å². The van der Waals surface area contributed by atoms with E-state index in [0.717, 1.165) is 0 Å². The zero-order valence-electron chi connectivity index (χ0n) is 5.95. The Hall–Kier alpha value is -1.53. The molecule has 0 amide bonds. The van der Waals surface area contributed by atoms with Gasteiger partial charge in [0.15, 0.2) is 0 Å². The second-order valence-electron chi connectivity index (χ2n) is 2.01. The molecule has 1 rings (SSSR count). The van der Waals surface area contributed by atoms with E-state index in [-0.39, 0.29) is 12.5 Å². The summed E-state index contributed by atoms with van der Waals surface area (Å²) >= 11 is 0. The number of aromatic nitrogens is 1. The van der Waals surface area contributed by atoms with Gasteiger partial charge in [-0.3, -0.25) is 9.36 Å².